The van der Waals surface area contributed by atoms with E-state index < -0.39 is 0 Å². The summed E-state index contributed by atoms with van der Waals surface area (Å²) in [6, 6.07) is 9.66. The van der Waals surface area contributed by atoms with E-state index in [1.54, 1.807) is 7.11 Å². The minimum absolute atomic E-state index is 0.00101. The molecule has 0 aliphatic heterocycles. The molecule has 2 rings (SSSR count). The minimum atomic E-state index is -0.106. The van der Waals surface area contributed by atoms with E-state index in [-0.39, 0.29) is 11.9 Å². The lowest BCUT2D eigenvalue weighted by molar-refractivity contribution is 0.0901. The maximum Gasteiger partial charge on any atom is 0.268 e. The second-order valence-corrected chi connectivity index (χ2v) is 4.10. The topological polar surface area (TPSA) is 54.1 Å². The second-order valence-electron chi connectivity index (χ2n) is 4.10. The third kappa shape index (κ3) is 2.65. The first-order chi connectivity index (χ1) is 8.20. The molecule has 4 heteroatoms. The van der Waals surface area contributed by atoms with Gasteiger partial charge < -0.3 is 15.0 Å². The largest absolute Gasteiger partial charge is 0.383 e. The highest BCUT2D eigenvalue weighted by Gasteiger charge is 2.11. The Balaban J connectivity index is 2.13. The molecule has 0 radical (unpaired) electrons. The Morgan fingerprint density at radius 2 is 2.24 bits per heavy atom. The zero-order chi connectivity index (χ0) is 12.3. The zero-order valence-electron chi connectivity index (χ0n) is 9.99. The maximum atomic E-state index is 11.9. The van der Waals surface area contributed by atoms with Gasteiger partial charge in [-0.2, -0.15) is 0 Å². The molecular weight excluding hydrogens is 216 g/mol. The van der Waals surface area contributed by atoms with Crippen molar-refractivity contribution >= 4 is 16.8 Å². The molecular formula is C13H16N2O2. The quantitative estimate of drug-likeness (QED) is 0.846. The van der Waals surface area contributed by atoms with Gasteiger partial charge in [-0.05, 0) is 19.1 Å². The number of rotatable bonds is 4. The van der Waals surface area contributed by atoms with Gasteiger partial charge in [-0.25, -0.2) is 0 Å². The summed E-state index contributed by atoms with van der Waals surface area (Å²) in [7, 11) is 1.62. The number of carbonyl (C=O) groups is 1. The van der Waals surface area contributed by atoms with Crippen LogP contribution < -0.4 is 5.32 Å². The summed E-state index contributed by atoms with van der Waals surface area (Å²) in [6.07, 6.45) is 0. The number of nitrogens with one attached hydrogen (secondary N) is 2. The van der Waals surface area contributed by atoms with Gasteiger partial charge in [0.25, 0.3) is 5.91 Å². The Bertz CT molecular complexity index is 486. The number of methoxy groups -OCH3 is 1. The molecule has 2 aromatic rings. The van der Waals surface area contributed by atoms with Gasteiger partial charge in [0.1, 0.15) is 5.69 Å². The van der Waals surface area contributed by atoms with Crippen LogP contribution in [0, 0.1) is 0 Å². The van der Waals surface area contributed by atoms with Crippen molar-refractivity contribution < 1.29 is 9.53 Å². The molecule has 1 aromatic heterocycles. The summed E-state index contributed by atoms with van der Waals surface area (Å²) in [5.74, 6) is -0.106. The number of carbonyl (C=O) groups excluding carboxylic acids is 1. The number of H-pyrrole nitrogens is 1. The van der Waals surface area contributed by atoms with E-state index >= 15 is 0 Å². The minimum Gasteiger partial charge on any atom is -0.383 e. The summed E-state index contributed by atoms with van der Waals surface area (Å²) in [5, 5.41) is 3.90. The van der Waals surface area contributed by atoms with Gasteiger partial charge >= 0.3 is 0 Å². The van der Waals surface area contributed by atoms with Crippen molar-refractivity contribution in [2.75, 3.05) is 13.7 Å². The summed E-state index contributed by atoms with van der Waals surface area (Å²) in [5.41, 5.74) is 1.55. The molecule has 2 N–H and O–H groups in total. The lowest BCUT2D eigenvalue weighted by atomic mass is 10.2. The molecule has 1 heterocycles. The van der Waals surface area contributed by atoms with Crippen LogP contribution in [0.3, 0.4) is 0 Å². The van der Waals surface area contributed by atoms with Gasteiger partial charge in [0, 0.05) is 24.1 Å². The third-order valence-corrected chi connectivity index (χ3v) is 2.57. The Morgan fingerprint density at radius 1 is 1.47 bits per heavy atom. The van der Waals surface area contributed by atoms with Crippen molar-refractivity contribution in [2.24, 2.45) is 0 Å². The SMILES string of the molecule is COC[C@H](C)NC(=O)c1cc2ccccc2[nH]1. The Morgan fingerprint density at radius 3 is 2.94 bits per heavy atom. The van der Waals surface area contributed by atoms with E-state index in [4.69, 9.17) is 4.74 Å². The first-order valence-corrected chi connectivity index (χ1v) is 5.58. The molecule has 0 aliphatic carbocycles. The number of aromatic amines is 1. The molecule has 1 atom stereocenters. The summed E-state index contributed by atoms with van der Waals surface area (Å²) in [6.45, 7) is 2.41. The van der Waals surface area contributed by atoms with Crippen molar-refractivity contribution in [1.29, 1.82) is 0 Å². The van der Waals surface area contributed by atoms with Crippen LogP contribution in [0.4, 0.5) is 0 Å². The summed E-state index contributed by atoms with van der Waals surface area (Å²) in [4.78, 5) is 15.0. The predicted octanol–water partition coefficient (Wildman–Crippen LogP) is 1.93. The Labute approximate surface area is 100.0 Å². The highest BCUT2D eigenvalue weighted by molar-refractivity contribution is 5.98. The maximum absolute atomic E-state index is 11.9. The van der Waals surface area contributed by atoms with Gasteiger partial charge in [-0.15, -0.1) is 0 Å². The Kier molecular flexibility index (Phi) is 3.44. The lowest BCUT2D eigenvalue weighted by Gasteiger charge is -2.11. The number of ether oxygens (including phenoxy) is 1. The number of aromatic nitrogens is 1. The number of benzene rings is 1. The molecule has 0 fully saturated rings. The van der Waals surface area contributed by atoms with Crippen molar-refractivity contribution in [3.8, 4) is 0 Å². The molecule has 1 amide bonds. The van der Waals surface area contributed by atoms with Crippen LogP contribution in [0.5, 0.6) is 0 Å². The molecule has 0 aliphatic rings. The van der Waals surface area contributed by atoms with E-state index in [2.05, 4.69) is 10.3 Å². The molecule has 0 unspecified atom stereocenters. The van der Waals surface area contributed by atoms with E-state index in [1.807, 2.05) is 37.3 Å². The van der Waals surface area contributed by atoms with Crippen molar-refractivity contribution in [3.63, 3.8) is 0 Å². The van der Waals surface area contributed by atoms with Crippen LogP contribution in [-0.2, 0) is 4.74 Å². The van der Waals surface area contributed by atoms with Gasteiger partial charge in [0.2, 0.25) is 0 Å². The number of fused-ring (bicyclic) bond motifs is 1. The van der Waals surface area contributed by atoms with E-state index in [0.29, 0.717) is 12.3 Å². The monoisotopic (exact) mass is 232 g/mol. The second kappa shape index (κ2) is 5.01. The van der Waals surface area contributed by atoms with Gasteiger partial charge in [0.05, 0.1) is 6.61 Å². The lowest BCUT2D eigenvalue weighted by Crippen LogP contribution is -2.35. The highest BCUT2D eigenvalue weighted by Crippen LogP contribution is 2.14. The van der Waals surface area contributed by atoms with E-state index in [9.17, 15) is 4.79 Å². The smallest absolute Gasteiger partial charge is 0.268 e. The molecule has 0 bridgehead atoms. The highest BCUT2D eigenvalue weighted by atomic mass is 16.5. The fourth-order valence-electron chi connectivity index (χ4n) is 1.79. The molecule has 0 saturated carbocycles. The van der Waals surface area contributed by atoms with Gasteiger partial charge in [-0.1, -0.05) is 18.2 Å². The van der Waals surface area contributed by atoms with Crippen molar-refractivity contribution in [2.45, 2.75) is 13.0 Å². The Hall–Kier alpha value is -1.81. The molecule has 0 spiro atoms. The van der Waals surface area contributed by atoms with E-state index in [1.165, 1.54) is 0 Å². The first-order valence-electron chi connectivity index (χ1n) is 5.58. The van der Waals surface area contributed by atoms with Crippen LogP contribution in [0.25, 0.3) is 10.9 Å². The average Bonchev–Trinajstić information content (AvgIpc) is 2.72. The van der Waals surface area contributed by atoms with Crippen LogP contribution >= 0.6 is 0 Å². The molecule has 1 aromatic carbocycles. The average molecular weight is 232 g/mol. The van der Waals surface area contributed by atoms with Crippen LogP contribution in [0.2, 0.25) is 0 Å². The van der Waals surface area contributed by atoms with Crippen molar-refractivity contribution in [1.82, 2.24) is 10.3 Å². The standard InChI is InChI=1S/C13H16N2O2/c1-9(8-17-2)14-13(16)12-7-10-5-3-4-6-11(10)15-12/h3-7,9,15H,8H2,1-2H3,(H,14,16)/t9-/m0/s1. The number of para-hydroxylation sites is 1. The van der Waals surface area contributed by atoms with Crippen LogP contribution in [0.15, 0.2) is 30.3 Å². The summed E-state index contributed by atoms with van der Waals surface area (Å²) < 4.78 is 4.97. The van der Waals surface area contributed by atoms with Crippen molar-refractivity contribution in [3.05, 3.63) is 36.0 Å². The van der Waals surface area contributed by atoms with Crippen LogP contribution in [0.1, 0.15) is 17.4 Å². The fourth-order valence-corrected chi connectivity index (χ4v) is 1.79. The van der Waals surface area contributed by atoms with Crippen LogP contribution in [-0.4, -0.2) is 30.6 Å². The summed E-state index contributed by atoms with van der Waals surface area (Å²) >= 11 is 0. The molecule has 90 valence electrons. The normalized spacial score (nSPS) is 12.6. The van der Waals surface area contributed by atoms with E-state index in [0.717, 1.165) is 10.9 Å². The van der Waals surface area contributed by atoms with Gasteiger partial charge in [0.15, 0.2) is 0 Å². The number of hydrogen-bond acceptors (Lipinski definition) is 2. The number of amides is 1. The predicted molar refractivity (Wildman–Crippen MR) is 67.1 cm³/mol. The number of hydrogen-bond donors (Lipinski definition) is 2. The molecule has 4 nitrogen and oxygen atoms in total. The van der Waals surface area contributed by atoms with Gasteiger partial charge in [-0.3, -0.25) is 4.79 Å². The molecule has 17 heavy (non-hydrogen) atoms. The fraction of sp³-hybridized carbons (Fsp3) is 0.308. The first kappa shape index (κ1) is 11.7. The molecule has 0 saturated heterocycles. The third-order valence-electron chi connectivity index (χ3n) is 2.57. The zero-order valence-corrected chi connectivity index (χ0v) is 9.99.